The summed E-state index contributed by atoms with van der Waals surface area (Å²) in [6.07, 6.45) is 0.804. The smallest absolute Gasteiger partial charge is 0.366 e. The van der Waals surface area contributed by atoms with E-state index in [0.717, 1.165) is 18.7 Å². The molecule has 1 fully saturated rings. The van der Waals surface area contributed by atoms with E-state index < -0.39 is 11.8 Å². The van der Waals surface area contributed by atoms with Crippen LogP contribution in [0, 0.1) is 5.92 Å². The second kappa shape index (κ2) is 9.49. The van der Waals surface area contributed by atoms with Gasteiger partial charge >= 0.3 is 5.97 Å². The first-order chi connectivity index (χ1) is 16.6. The molecule has 0 spiro atoms. The average Bonchev–Trinajstić information content (AvgIpc) is 3.20. The van der Waals surface area contributed by atoms with Gasteiger partial charge in [0.1, 0.15) is 12.4 Å². The summed E-state index contributed by atoms with van der Waals surface area (Å²) in [6.45, 7) is 3.84. The lowest BCUT2D eigenvalue weighted by molar-refractivity contribution is -0.272. The van der Waals surface area contributed by atoms with Gasteiger partial charge in [-0.3, -0.25) is 0 Å². The van der Waals surface area contributed by atoms with Gasteiger partial charge in [-0.2, -0.15) is 0 Å². The number of benzene rings is 3. The van der Waals surface area contributed by atoms with Gasteiger partial charge in [0.25, 0.3) is 5.79 Å². The molecule has 4 aromatic rings. The summed E-state index contributed by atoms with van der Waals surface area (Å²) in [4.78, 5) is 11.8. The fourth-order valence-corrected chi connectivity index (χ4v) is 4.62. The van der Waals surface area contributed by atoms with Gasteiger partial charge in [0.05, 0.1) is 26.9 Å². The normalized spacial score (nSPS) is 20.5. The van der Waals surface area contributed by atoms with Crippen molar-refractivity contribution in [2.75, 3.05) is 26.9 Å². The van der Waals surface area contributed by atoms with Crippen LogP contribution in [0.3, 0.4) is 0 Å². The first-order valence-corrected chi connectivity index (χ1v) is 11.6. The number of hydrogen-bond donors (Lipinski definition) is 0. The predicted octanol–water partition coefficient (Wildman–Crippen LogP) is 4.97. The van der Waals surface area contributed by atoms with Gasteiger partial charge in [0.2, 0.25) is 0 Å². The zero-order valence-electron chi connectivity index (χ0n) is 19.5. The van der Waals surface area contributed by atoms with Gasteiger partial charge in [-0.05, 0) is 36.2 Å². The van der Waals surface area contributed by atoms with Crippen molar-refractivity contribution < 1.29 is 23.7 Å². The maximum Gasteiger partial charge on any atom is 0.366 e. The van der Waals surface area contributed by atoms with Crippen molar-refractivity contribution in [3.05, 3.63) is 78.4 Å². The molecule has 0 unspecified atom stereocenters. The average molecular weight is 460 g/mol. The lowest BCUT2D eigenvalue weighted by Crippen LogP contribution is -2.48. The fraction of sp³-hybridized carbons (Fsp3) is 0.321. The molecule has 0 radical (unpaired) electrons. The molecule has 176 valence electrons. The van der Waals surface area contributed by atoms with Crippen LogP contribution in [0.4, 0.5) is 0 Å². The Kier molecular flexibility index (Phi) is 6.26. The Morgan fingerprint density at radius 2 is 1.53 bits per heavy atom. The molecule has 0 aliphatic carbocycles. The number of esters is 1. The first kappa shape index (κ1) is 22.4. The molecule has 1 aromatic heterocycles. The number of methoxy groups -OCH3 is 1. The molecule has 0 amide bonds. The molecule has 0 atom stereocenters. The Morgan fingerprint density at radius 3 is 2.12 bits per heavy atom. The molecule has 1 aliphatic heterocycles. The molecule has 6 heteroatoms. The second-order valence-corrected chi connectivity index (χ2v) is 8.81. The van der Waals surface area contributed by atoms with E-state index in [1.54, 1.807) is 6.92 Å². The predicted molar refractivity (Wildman–Crippen MR) is 131 cm³/mol. The van der Waals surface area contributed by atoms with Crippen molar-refractivity contribution in [2.45, 2.75) is 25.7 Å². The van der Waals surface area contributed by atoms with Crippen molar-refractivity contribution in [1.82, 2.24) is 4.57 Å². The maximum atomic E-state index is 11.8. The first-order valence-electron chi connectivity index (χ1n) is 11.6. The molecule has 5 rings (SSSR count). The number of ether oxygens (including phenoxy) is 4. The minimum Gasteiger partial charge on any atom is -0.492 e. The van der Waals surface area contributed by atoms with E-state index in [-0.39, 0.29) is 5.92 Å². The number of aromatic nitrogens is 1. The fourth-order valence-electron chi connectivity index (χ4n) is 4.62. The standard InChI is InChI=1S/C28H29NO5/c1-28(27(30)31-2)33-18-21(19-34-28)17-20-11-13-22(14-12-20)32-16-15-29-25-9-5-3-7-23(25)24-8-4-6-10-26(24)29/h3-14,21H,15-19H2,1-2H3. The number of rotatable bonds is 7. The van der Waals surface area contributed by atoms with Gasteiger partial charge in [0, 0.05) is 34.6 Å². The van der Waals surface area contributed by atoms with Crippen LogP contribution in [0.15, 0.2) is 72.8 Å². The van der Waals surface area contributed by atoms with Crippen molar-refractivity contribution >= 4 is 27.8 Å². The second-order valence-electron chi connectivity index (χ2n) is 8.81. The van der Waals surface area contributed by atoms with Crippen molar-refractivity contribution in [3.8, 4) is 5.75 Å². The van der Waals surface area contributed by atoms with Gasteiger partial charge in [-0.15, -0.1) is 0 Å². The van der Waals surface area contributed by atoms with Crippen LogP contribution in [-0.2, 0) is 32.0 Å². The molecular weight excluding hydrogens is 430 g/mol. The Balaban J connectivity index is 1.17. The van der Waals surface area contributed by atoms with E-state index in [0.29, 0.717) is 19.8 Å². The van der Waals surface area contributed by atoms with Gasteiger partial charge in [-0.25, -0.2) is 4.79 Å². The third-order valence-corrected chi connectivity index (χ3v) is 6.46. The molecule has 3 aromatic carbocycles. The summed E-state index contributed by atoms with van der Waals surface area (Å²) in [5.41, 5.74) is 3.62. The van der Waals surface area contributed by atoms with Crippen LogP contribution in [0.25, 0.3) is 21.8 Å². The molecule has 0 N–H and O–H groups in total. The Labute approximate surface area is 199 Å². The molecule has 0 saturated carbocycles. The number of fused-ring (bicyclic) bond motifs is 3. The Bertz CT molecular complexity index is 1230. The largest absolute Gasteiger partial charge is 0.492 e. The topological polar surface area (TPSA) is 58.9 Å². The van der Waals surface area contributed by atoms with E-state index in [9.17, 15) is 4.79 Å². The zero-order valence-corrected chi connectivity index (χ0v) is 19.5. The minimum atomic E-state index is -1.31. The lowest BCUT2D eigenvalue weighted by atomic mass is 9.99. The maximum absolute atomic E-state index is 11.8. The van der Waals surface area contributed by atoms with Crippen LogP contribution in [-0.4, -0.2) is 43.3 Å². The van der Waals surface area contributed by atoms with Gasteiger partial charge in [0.15, 0.2) is 0 Å². The molecular formula is C28H29NO5. The van der Waals surface area contributed by atoms with Crippen LogP contribution in [0.2, 0.25) is 0 Å². The van der Waals surface area contributed by atoms with Crippen molar-refractivity contribution in [1.29, 1.82) is 0 Å². The number of nitrogens with zero attached hydrogens (tertiary/aromatic N) is 1. The van der Waals surface area contributed by atoms with Crippen molar-refractivity contribution in [2.24, 2.45) is 5.92 Å². The molecule has 1 aliphatic rings. The SMILES string of the molecule is COC(=O)C1(C)OCC(Cc2ccc(OCCn3c4ccccc4c4ccccc43)cc2)CO1. The van der Waals surface area contributed by atoms with E-state index in [4.69, 9.17) is 18.9 Å². The van der Waals surface area contributed by atoms with Crippen LogP contribution < -0.4 is 4.74 Å². The molecule has 0 bridgehead atoms. The Hall–Kier alpha value is -3.35. The van der Waals surface area contributed by atoms with Crippen molar-refractivity contribution in [3.63, 3.8) is 0 Å². The molecule has 2 heterocycles. The lowest BCUT2D eigenvalue weighted by Gasteiger charge is -2.35. The summed E-state index contributed by atoms with van der Waals surface area (Å²) in [5, 5.41) is 2.54. The van der Waals surface area contributed by atoms with E-state index >= 15 is 0 Å². The monoisotopic (exact) mass is 459 g/mol. The number of para-hydroxylation sites is 2. The molecule has 6 nitrogen and oxygen atoms in total. The van der Waals surface area contributed by atoms with Crippen LogP contribution in [0.1, 0.15) is 12.5 Å². The highest BCUT2D eigenvalue weighted by Gasteiger charge is 2.41. The van der Waals surface area contributed by atoms with Crippen LogP contribution >= 0.6 is 0 Å². The summed E-state index contributed by atoms with van der Waals surface area (Å²) >= 11 is 0. The van der Waals surface area contributed by atoms with Gasteiger partial charge < -0.3 is 23.5 Å². The van der Waals surface area contributed by atoms with Gasteiger partial charge in [-0.1, -0.05) is 48.5 Å². The Morgan fingerprint density at radius 1 is 0.941 bits per heavy atom. The summed E-state index contributed by atoms with van der Waals surface area (Å²) in [6, 6.07) is 25.2. The number of hydrogen-bond acceptors (Lipinski definition) is 5. The summed E-state index contributed by atoms with van der Waals surface area (Å²) in [5.74, 6) is -0.786. The quantitative estimate of drug-likeness (QED) is 0.365. The molecule has 1 saturated heterocycles. The number of carbonyl (C=O) groups is 1. The van der Waals surface area contributed by atoms with E-state index in [1.165, 1.54) is 34.5 Å². The highest BCUT2D eigenvalue weighted by atomic mass is 16.7. The highest BCUT2D eigenvalue weighted by molar-refractivity contribution is 6.07. The van der Waals surface area contributed by atoms with E-state index in [1.807, 2.05) is 12.1 Å². The van der Waals surface area contributed by atoms with Crippen LogP contribution in [0.5, 0.6) is 5.75 Å². The van der Waals surface area contributed by atoms with E-state index in [2.05, 4.69) is 65.2 Å². The minimum absolute atomic E-state index is 0.180. The third-order valence-electron chi connectivity index (χ3n) is 6.46. The highest BCUT2D eigenvalue weighted by Crippen LogP contribution is 2.29. The number of carbonyl (C=O) groups excluding carboxylic acids is 1. The summed E-state index contributed by atoms with van der Waals surface area (Å²) in [7, 11) is 1.33. The molecule has 34 heavy (non-hydrogen) atoms. The third kappa shape index (κ3) is 4.39. The summed E-state index contributed by atoms with van der Waals surface area (Å²) < 4.78 is 24.4. The zero-order chi connectivity index (χ0) is 23.5.